The number of fused-ring (bicyclic) bond motifs is 1. The van der Waals surface area contributed by atoms with Gasteiger partial charge in [0.15, 0.2) is 0 Å². The summed E-state index contributed by atoms with van der Waals surface area (Å²) in [5.41, 5.74) is 2.64. The largest absolute Gasteiger partial charge is 0.336 e. The third kappa shape index (κ3) is 1.95. The van der Waals surface area contributed by atoms with Crippen LogP contribution < -0.4 is 0 Å². The molecule has 0 saturated carbocycles. The summed E-state index contributed by atoms with van der Waals surface area (Å²) < 4.78 is 0. The maximum atomic E-state index is 11.9. The minimum Gasteiger partial charge on any atom is -0.336 e. The van der Waals surface area contributed by atoms with Crippen molar-refractivity contribution in [1.82, 2.24) is 4.90 Å². The molecule has 3 heteroatoms. The fourth-order valence-corrected chi connectivity index (χ4v) is 3.25. The Labute approximate surface area is 107 Å². The summed E-state index contributed by atoms with van der Waals surface area (Å²) >= 11 is 6.08. The van der Waals surface area contributed by atoms with Crippen molar-refractivity contribution in [3.8, 4) is 0 Å². The Balaban J connectivity index is 1.98. The minimum absolute atomic E-state index is 0.271. The van der Waals surface area contributed by atoms with Crippen molar-refractivity contribution in [1.29, 1.82) is 0 Å². The van der Waals surface area contributed by atoms with Crippen LogP contribution in [0.25, 0.3) is 0 Å². The van der Waals surface area contributed by atoms with Gasteiger partial charge in [0.25, 0.3) is 0 Å². The first-order valence-electron chi connectivity index (χ1n) is 6.33. The Hall–Kier alpha value is -1.02. The van der Waals surface area contributed by atoms with E-state index in [9.17, 15) is 4.79 Å². The predicted molar refractivity (Wildman–Crippen MR) is 68.1 cm³/mol. The molecule has 0 aromatic heterocycles. The highest BCUT2D eigenvalue weighted by Crippen LogP contribution is 2.37. The Morgan fingerprint density at radius 1 is 1.24 bits per heavy atom. The number of amides is 1. The molecule has 1 amide bonds. The lowest BCUT2D eigenvalue weighted by Gasteiger charge is -2.33. The van der Waals surface area contributed by atoms with Gasteiger partial charge in [-0.25, -0.2) is 0 Å². The van der Waals surface area contributed by atoms with Crippen LogP contribution in [0.15, 0.2) is 18.2 Å². The molecule has 1 aromatic carbocycles. The number of aryl methyl sites for hydroxylation is 1. The summed E-state index contributed by atoms with van der Waals surface area (Å²) in [6.45, 7) is 0.912. The molecule has 1 fully saturated rings. The maximum absolute atomic E-state index is 11.9. The second kappa shape index (κ2) is 4.34. The van der Waals surface area contributed by atoms with E-state index in [-0.39, 0.29) is 6.04 Å². The molecule has 1 heterocycles. The zero-order valence-electron chi connectivity index (χ0n) is 9.79. The number of nitrogens with zero attached hydrogens (tertiary/aromatic N) is 1. The summed E-state index contributed by atoms with van der Waals surface area (Å²) in [4.78, 5) is 13.9. The molecule has 0 radical (unpaired) electrons. The van der Waals surface area contributed by atoms with Crippen molar-refractivity contribution in [3.05, 3.63) is 34.3 Å². The molecule has 3 rings (SSSR count). The fourth-order valence-electron chi connectivity index (χ4n) is 3.07. The quantitative estimate of drug-likeness (QED) is 0.748. The topological polar surface area (TPSA) is 20.3 Å². The van der Waals surface area contributed by atoms with Gasteiger partial charge in [-0.1, -0.05) is 17.7 Å². The van der Waals surface area contributed by atoms with Gasteiger partial charge in [0, 0.05) is 18.0 Å². The van der Waals surface area contributed by atoms with E-state index in [1.807, 2.05) is 17.0 Å². The van der Waals surface area contributed by atoms with E-state index < -0.39 is 0 Å². The summed E-state index contributed by atoms with van der Waals surface area (Å²) in [5.74, 6) is 0.308. The number of likely N-dealkylation sites (tertiary alicyclic amines) is 1. The number of carbonyl (C=O) groups excluding carboxylic acids is 1. The van der Waals surface area contributed by atoms with Crippen LogP contribution in [0.2, 0.25) is 5.02 Å². The number of halogens is 1. The number of carbonyl (C=O) groups is 1. The molecule has 0 spiro atoms. The van der Waals surface area contributed by atoms with Crippen LogP contribution in [0.3, 0.4) is 0 Å². The zero-order chi connectivity index (χ0) is 11.8. The molecule has 17 heavy (non-hydrogen) atoms. The van der Waals surface area contributed by atoms with Gasteiger partial charge in [-0.05, 0) is 48.9 Å². The molecule has 1 saturated heterocycles. The van der Waals surface area contributed by atoms with Gasteiger partial charge < -0.3 is 4.90 Å². The molecule has 2 aliphatic rings. The monoisotopic (exact) mass is 249 g/mol. The van der Waals surface area contributed by atoms with E-state index in [2.05, 4.69) is 6.07 Å². The Morgan fingerprint density at radius 2 is 2.12 bits per heavy atom. The maximum Gasteiger partial charge on any atom is 0.223 e. The van der Waals surface area contributed by atoms with E-state index >= 15 is 0 Å². The summed E-state index contributed by atoms with van der Waals surface area (Å²) in [7, 11) is 0. The van der Waals surface area contributed by atoms with E-state index in [4.69, 9.17) is 11.6 Å². The van der Waals surface area contributed by atoms with Crippen LogP contribution in [0.1, 0.15) is 42.9 Å². The first-order valence-corrected chi connectivity index (χ1v) is 6.71. The van der Waals surface area contributed by atoms with Crippen molar-refractivity contribution in [2.45, 2.75) is 38.1 Å². The van der Waals surface area contributed by atoms with Crippen molar-refractivity contribution in [2.75, 3.05) is 6.54 Å². The molecule has 90 valence electrons. The molecular weight excluding hydrogens is 234 g/mol. The van der Waals surface area contributed by atoms with E-state index in [1.165, 1.54) is 17.5 Å². The van der Waals surface area contributed by atoms with Crippen LogP contribution in [0.4, 0.5) is 0 Å². The van der Waals surface area contributed by atoms with Gasteiger partial charge in [-0.2, -0.15) is 0 Å². The number of rotatable bonds is 1. The number of hydrogen-bond donors (Lipinski definition) is 0. The third-order valence-electron chi connectivity index (χ3n) is 3.88. The lowest BCUT2D eigenvalue weighted by Crippen LogP contribution is -2.32. The molecule has 2 nitrogen and oxygen atoms in total. The predicted octanol–water partition coefficient (Wildman–Crippen LogP) is 3.34. The smallest absolute Gasteiger partial charge is 0.223 e. The van der Waals surface area contributed by atoms with Crippen LogP contribution in [-0.2, 0) is 11.2 Å². The minimum atomic E-state index is 0.271. The van der Waals surface area contributed by atoms with Crippen LogP contribution in [0.5, 0.6) is 0 Å². The second-order valence-corrected chi connectivity index (χ2v) is 5.38. The van der Waals surface area contributed by atoms with E-state index in [0.717, 1.165) is 30.8 Å². The molecular formula is C14H16ClNO. The average molecular weight is 250 g/mol. The summed E-state index contributed by atoms with van der Waals surface area (Å²) in [6, 6.07) is 6.39. The molecule has 0 N–H and O–H groups in total. The molecule has 0 unspecified atom stereocenters. The number of hydrogen-bond acceptors (Lipinski definition) is 1. The highest BCUT2D eigenvalue weighted by Gasteiger charge is 2.31. The SMILES string of the molecule is O=C1CCCN1[C@@H]1CCCc2ccc(Cl)cc21. The second-order valence-electron chi connectivity index (χ2n) is 4.94. The van der Waals surface area contributed by atoms with Crippen LogP contribution in [-0.4, -0.2) is 17.4 Å². The van der Waals surface area contributed by atoms with E-state index in [0.29, 0.717) is 12.3 Å². The molecule has 0 bridgehead atoms. The Kier molecular flexibility index (Phi) is 2.83. The van der Waals surface area contributed by atoms with Gasteiger partial charge in [0.2, 0.25) is 5.91 Å². The van der Waals surface area contributed by atoms with E-state index in [1.54, 1.807) is 0 Å². The van der Waals surface area contributed by atoms with Crippen LogP contribution >= 0.6 is 11.6 Å². The van der Waals surface area contributed by atoms with Crippen molar-refractivity contribution < 1.29 is 4.79 Å². The average Bonchev–Trinajstić information content (AvgIpc) is 2.74. The normalized spacial score (nSPS) is 23.9. The first-order chi connectivity index (χ1) is 8.25. The van der Waals surface area contributed by atoms with Crippen molar-refractivity contribution in [2.24, 2.45) is 0 Å². The molecule has 1 aliphatic heterocycles. The van der Waals surface area contributed by atoms with Crippen molar-refractivity contribution in [3.63, 3.8) is 0 Å². The summed E-state index contributed by atoms with van der Waals surface area (Å²) in [6.07, 6.45) is 5.09. The van der Waals surface area contributed by atoms with Gasteiger partial charge in [0.05, 0.1) is 6.04 Å². The molecule has 1 aromatic rings. The summed E-state index contributed by atoms with van der Waals surface area (Å²) in [5, 5.41) is 0.780. The Bertz CT molecular complexity index is 458. The lowest BCUT2D eigenvalue weighted by molar-refractivity contribution is -0.130. The highest BCUT2D eigenvalue weighted by atomic mass is 35.5. The first kappa shape index (κ1) is 11.1. The number of benzene rings is 1. The standard InChI is InChI=1S/C14H16ClNO/c15-11-7-6-10-3-1-4-13(12(10)9-11)16-8-2-5-14(16)17/h6-7,9,13H,1-5,8H2/t13-/m1/s1. The van der Waals surface area contributed by atoms with Gasteiger partial charge in [-0.15, -0.1) is 0 Å². The fraction of sp³-hybridized carbons (Fsp3) is 0.500. The molecule has 1 aliphatic carbocycles. The zero-order valence-corrected chi connectivity index (χ0v) is 10.5. The van der Waals surface area contributed by atoms with Crippen LogP contribution in [0, 0.1) is 0 Å². The molecule has 1 atom stereocenters. The highest BCUT2D eigenvalue weighted by molar-refractivity contribution is 6.30. The Morgan fingerprint density at radius 3 is 2.88 bits per heavy atom. The van der Waals surface area contributed by atoms with Crippen molar-refractivity contribution >= 4 is 17.5 Å². The van der Waals surface area contributed by atoms with Gasteiger partial charge in [0.1, 0.15) is 0 Å². The van der Waals surface area contributed by atoms with Gasteiger partial charge >= 0.3 is 0 Å². The third-order valence-corrected chi connectivity index (χ3v) is 4.11. The lowest BCUT2D eigenvalue weighted by atomic mass is 9.87. The van der Waals surface area contributed by atoms with Gasteiger partial charge in [-0.3, -0.25) is 4.79 Å².